The third kappa shape index (κ3) is 2.86. The molecule has 1 unspecified atom stereocenters. The van der Waals surface area contributed by atoms with Gasteiger partial charge in [-0.15, -0.1) is 0 Å². The minimum absolute atomic E-state index is 0.00147. The van der Waals surface area contributed by atoms with E-state index in [1.54, 1.807) is 16.7 Å². The molecule has 0 aromatic carbocycles. The Balaban J connectivity index is 1.92. The number of piperazine rings is 1. The van der Waals surface area contributed by atoms with E-state index in [4.69, 9.17) is 0 Å². The van der Waals surface area contributed by atoms with Crippen LogP contribution in [0.15, 0.2) is 0 Å². The van der Waals surface area contributed by atoms with Crippen LogP contribution in [0.5, 0.6) is 0 Å². The second kappa shape index (κ2) is 5.30. The summed E-state index contributed by atoms with van der Waals surface area (Å²) in [6, 6.07) is -0.356. The Kier molecular flexibility index (Phi) is 3.87. The second-order valence-corrected chi connectivity index (χ2v) is 5.71. The summed E-state index contributed by atoms with van der Waals surface area (Å²) in [6.45, 7) is 4.94. The van der Waals surface area contributed by atoms with Crippen LogP contribution >= 0.6 is 0 Å². The average molecular weight is 283 g/mol. The van der Waals surface area contributed by atoms with Gasteiger partial charge in [0.2, 0.25) is 5.91 Å². The third-order valence-electron chi connectivity index (χ3n) is 4.22. The SMILES string of the molecule is CC(=O)N1CCN(C(=O)NC(C)(C(=O)O)C2CC2)CC1. The van der Waals surface area contributed by atoms with Gasteiger partial charge in [-0.1, -0.05) is 0 Å². The highest BCUT2D eigenvalue weighted by molar-refractivity contribution is 5.86. The molecule has 7 nitrogen and oxygen atoms in total. The van der Waals surface area contributed by atoms with Crippen molar-refractivity contribution >= 4 is 17.9 Å². The number of nitrogens with zero attached hydrogens (tertiary/aromatic N) is 2. The number of aliphatic carboxylic acids is 1. The summed E-state index contributed by atoms with van der Waals surface area (Å²) in [5.41, 5.74) is -1.19. The maximum Gasteiger partial charge on any atom is 0.329 e. The molecule has 2 N–H and O–H groups in total. The molecular formula is C13H21N3O4. The van der Waals surface area contributed by atoms with E-state index in [-0.39, 0.29) is 17.9 Å². The van der Waals surface area contributed by atoms with E-state index in [2.05, 4.69) is 5.32 Å². The van der Waals surface area contributed by atoms with Crippen LogP contribution in [0, 0.1) is 5.92 Å². The molecule has 3 amide bonds. The summed E-state index contributed by atoms with van der Waals surface area (Å²) in [5, 5.41) is 12.0. The first-order chi connectivity index (χ1) is 9.34. The van der Waals surface area contributed by atoms with Gasteiger partial charge in [0, 0.05) is 33.1 Å². The molecular weight excluding hydrogens is 262 g/mol. The predicted octanol–water partition coefficient (Wildman–Crippen LogP) is 0.113. The number of carboxylic acids is 1. The molecule has 0 radical (unpaired) electrons. The number of urea groups is 1. The molecule has 1 heterocycles. The molecule has 0 aromatic rings. The molecule has 112 valence electrons. The van der Waals surface area contributed by atoms with Crippen LogP contribution < -0.4 is 5.32 Å². The molecule has 1 saturated carbocycles. The van der Waals surface area contributed by atoms with Crippen molar-refractivity contribution in [3.63, 3.8) is 0 Å². The van der Waals surface area contributed by atoms with Gasteiger partial charge in [-0.05, 0) is 25.7 Å². The topological polar surface area (TPSA) is 90.0 Å². The van der Waals surface area contributed by atoms with Gasteiger partial charge >= 0.3 is 12.0 Å². The summed E-state index contributed by atoms with van der Waals surface area (Å²) in [4.78, 5) is 38.0. The number of carbonyl (C=O) groups excluding carboxylic acids is 2. The summed E-state index contributed by atoms with van der Waals surface area (Å²) >= 11 is 0. The van der Waals surface area contributed by atoms with Crippen molar-refractivity contribution in [3.05, 3.63) is 0 Å². The number of nitrogens with one attached hydrogen (secondary N) is 1. The maximum absolute atomic E-state index is 12.2. The van der Waals surface area contributed by atoms with Crippen LogP contribution in [0.1, 0.15) is 26.7 Å². The fourth-order valence-corrected chi connectivity index (χ4v) is 2.52. The van der Waals surface area contributed by atoms with Gasteiger partial charge in [0.25, 0.3) is 0 Å². The monoisotopic (exact) mass is 283 g/mol. The zero-order chi connectivity index (χ0) is 14.9. The Hall–Kier alpha value is -1.79. The van der Waals surface area contributed by atoms with Crippen molar-refractivity contribution in [2.75, 3.05) is 26.2 Å². The quantitative estimate of drug-likeness (QED) is 0.769. The Labute approximate surface area is 117 Å². The van der Waals surface area contributed by atoms with Crippen LogP contribution in [-0.2, 0) is 9.59 Å². The van der Waals surface area contributed by atoms with E-state index >= 15 is 0 Å². The highest BCUT2D eigenvalue weighted by Gasteiger charge is 2.49. The minimum atomic E-state index is -1.19. The zero-order valence-corrected chi connectivity index (χ0v) is 11.9. The first-order valence-corrected chi connectivity index (χ1v) is 6.90. The molecule has 7 heteroatoms. The van der Waals surface area contributed by atoms with E-state index in [0.717, 1.165) is 12.8 Å². The zero-order valence-electron chi connectivity index (χ0n) is 11.9. The van der Waals surface area contributed by atoms with Crippen molar-refractivity contribution in [1.29, 1.82) is 0 Å². The van der Waals surface area contributed by atoms with Gasteiger partial charge in [-0.2, -0.15) is 0 Å². The van der Waals surface area contributed by atoms with E-state index in [9.17, 15) is 19.5 Å². The number of hydrogen-bond donors (Lipinski definition) is 2. The smallest absolute Gasteiger partial charge is 0.329 e. The van der Waals surface area contributed by atoms with Crippen LogP contribution in [-0.4, -0.2) is 64.5 Å². The van der Waals surface area contributed by atoms with Gasteiger partial charge in [-0.3, -0.25) is 4.79 Å². The molecule has 0 bridgehead atoms. The Morgan fingerprint density at radius 2 is 1.60 bits per heavy atom. The van der Waals surface area contributed by atoms with Gasteiger partial charge in [0.15, 0.2) is 0 Å². The van der Waals surface area contributed by atoms with Crippen molar-refractivity contribution < 1.29 is 19.5 Å². The molecule has 0 spiro atoms. The molecule has 20 heavy (non-hydrogen) atoms. The van der Waals surface area contributed by atoms with Gasteiger partial charge in [0.1, 0.15) is 5.54 Å². The lowest BCUT2D eigenvalue weighted by atomic mass is 9.96. The molecule has 1 aliphatic carbocycles. The third-order valence-corrected chi connectivity index (χ3v) is 4.22. The highest BCUT2D eigenvalue weighted by atomic mass is 16.4. The fraction of sp³-hybridized carbons (Fsp3) is 0.769. The standard InChI is InChI=1S/C13H21N3O4/c1-9(17)15-5-7-16(8-6-15)12(20)14-13(2,11(18)19)10-3-4-10/h10H,3-8H2,1-2H3,(H,14,20)(H,18,19). The number of carboxylic acid groups (broad SMARTS) is 1. The lowest BCUT2D eigenvalue weighted by molar-refractivity contribution is -0.144. The van der Waals surface area contributed by atoms with Crippen molar-refractivity contribution in [1.82, 2.24) is 15.1 Å². The van der Waals surface area contributed by atoms with Crippen LogP contribution in [0.2, 0.25) is 0 Å². The summed E-state index contributed by atoms with van der Waals surface area (Å²) < 4.78 is 0. The second-order valence-electron chi connectivity index (χ2n) is 5.71. The summed E-state index contributed by atoms with van der Waals surface area (Å²) in [7, 11) is 0. The van der Waals surface area contributed by atoms with E-state index in [1.807, 2.05) is 0 Å². The Bertz CT molecular complexity index is 427. The largest absolute Gasteiger partial charge is 0.480 e. The molecule has 2 aliphatic rings. The summed E-state index contributed by atoms with van der Waals surface area (Å²) in [6.07, 6.45) is 1.67. The van der Waals surface area contributed by atoms with Crippen molar-refractivity contribution in [3.8, 4) is 0 Å². The first kappa shape index (κ1) is 14.6. The number of amides is 3. The lowest BCUT2D eigenvalue weighted by Gasteiger charge is -2.36. The maximum atomic E-state index is 12.2. The number of hydrogen-bond acceptors (Lipinski definition) is 3. The molecule has 1 saturated heterocycles. The van der Waals surface area contributed by atoms with E-state index < -0.39 is 11.5 Å². The van der Waals surface area contributed by atoms with E-state index in [1.165, 1.54) is 6.92 Å². The molecule has 0 aromatic heterocycles. The summed E-state index contributed by atoms with van der Waals surface area (Å²) in [5.74, 6) is -0.975. The van der Waals surface area contributed by atoms with Gasteiger partial charge in [-0.25, -0.2) is 9.59 Å². The Morgan fingerprint density at radius 3 is 2.00 bits per heavy atom. The van der Waals surface area contributed by atoms with Gasteiger partial charge < -0.3 is 20.2 Å². The van der Waals surface area contributed by atoms with Crippen LogP contribution in [0.25, 0.3) is 0 Å². The first-order valence-electron chi connectivity index (χ1n) is 6.90. The molecule has 1 aliphatic heterocycles. The van der Waals surface area contributed by atoms with E-state index in [0.29, 0.717) is 26.2 Å². The predicted molar refractivity (Wildman–Crippen MR) is 71.1 cm³/mol. The Morgan fingerprint density at radius 1 is 1.10 bits per heavy atom. The molecule has 2 rings (SSSR count). The van der Waals surface area contributed by atoms with Crippen LogP contribution in [0.4, 0.5) is 4.79 Å². The van der Waals surface area contributed by atoms with Crippen molar-refractivity contribution in [2.45, 2.75) is 32.2 Å². The van der Waals surface area contributed by atoms with Gasteiger partial charge in [0.05, 0.1) is 0 Å². The molecule has 1 atom stereocenters. The minimum Gasteiger partial charge on any atom is -0.480 e. The number of rotatable bonds is 3. The normalized spacial score (nSPS) is 22.1. The van der Waals surface area contributed by atoms with Crippen LogP contribution in [0.3, 0.4) is 0 Å². The lowest BCUT2D eigenvalue weighted by Crippen LogP contribution is -2.60. The van der Waals surface area contributed by atoms with Crippen molar-refractivity contribution in [2.24, 2.45) is 5.92 Å². The molecule has 2 fully saturated rings. The highest BCUT2D eigenvalue weighted by Crippen LogP contribution is 2.39. The number of carbonyl (C=O) groups is 3. The average Bonchev–Trinajstić information content (AvgIpc) is 3.23. The fourth-order valence-electron chi connectivity index (χ4n) is 2.52.